The maximum Gasteiger partial charge on any atom is 0.317 e. The van der Waals surface area contributed by atoms with Crippen LogP contribution in [0.3, 0.4) is 0 Å². The summed E-state index contributed by atoms with van der Waals surface area (Å²) < 4.78 is 5.09. The smallest absolute Gasteiger partial charge is 0.317 e. The molecule has 2 aliphatic rings. The first-order chi connectivity index (χ1) is 12.7. The minimum absolute atomic E-state index is 0.0203. The number of esters is 1. The van der Waals surface area contributed by atoms with E-state index in [2.05, 4.69) is 27.7 Å². The molecule has 1 unspecified atom stereocenters. The summed E-state index contributed by atoms with van der Waals surface area (Å²) in [4.78, 5) is 30.0. The molecular weight excluding hydrogens is 350 g/mol. The van der Waals surface area contributed by atoms with E-state index in [0.717, 1.165) is 13.1 Å². The van der Waals surface area contributed by atoms with Gasteiger partial charge in [-0.2, -0.15) is 0 Å². The van der Waals surface area contributed by atoms with Crippen LogP contribution in [0.2, 0.25) is 0 Å². The molecule has 3 heterocycles. The number of thiophene rings is 1. The highest BCUT2D eigenvalue weighted by Gasteiger charge is 2.29. The fourth-order valence-electron chi connectivity index (χ4n) is 3.82. The predicted octanol–water partition coefficient (Wildman–Crippen LogP) is 2.87. The summed E-state index contributed by atoms with van der Waals surface area (Å²) in [6.45, 7) is 6.31. The largest absolute Gasteiger partial charge is 0.466 e. The molecule has 6 nitrogen and oxygen atoms in total. The third kappa shape index (κ3) is 4.76. The van der Waals surface area contributed by atoms with E-state index in [-0.39, 0.29) is 24.0 Å². The molecule has 1 aromatic rings. The minimum atomic E-state index is -0.126. The summed E-state index contributed by atoms with van der Waals surface area (Å²) in [5, 5.41) is 5.22. The SMILES string of the molecule is CCOC(=O)C1CCN(C(=O)NCC(c2cccs2)N2CCCC2)CC1. The topological polar surface area (TPSA) is 61.9 Å². The zero-order valence-corrected chi connectivity index (χ0v) is 16.3. The fourth-order valence-corrected chi connectivity index (χ4v) is 4.68. The van der Waals surface area contributed by atoms with Crippen molar-refractivity contribution in [2.45, 2.75) is 38.6 Å². The van der Waals surface area contributed by atoms with Crippen molar-refractivity contribution < 1.29 is 14.3 Å². The highest BCUT2D eigenvalue weighted by Crippen LogP contribution is 2.28. The van der Waals surface area contributed by atoms with Crippen LogP contribution < -0.4 is 5.32 Å². The van der Waals surface area contributed by atoms with Gasteiger partial charge in [0, 0.05) is 24.5 Å². The van der Waals surface area contributed by atoms with Crippen molar-refractivity contribution in [1.82, 2.24) is 15.1 Å². The highest BCUT2D eigenvalue weighted by molar-refractivity contribution is 7.10. The first-order valence-electron chi connectivity index (χ1n) is 9.66. The number of nitrogens with one attached hydrogen (secondary N) is 1. The molecule has 0 aromatic carbocycles. The Bertz CT molecular complexity index is 579. The van der Waals surface area contributed by atoms with Gasteiger partial charge in [-0.25, -0.2) is 4.79 Å². The van der Waals surface area contributed by atoms with Crippen molar-refractivity contribution >= 4 is 23.3 Å². The second-order valence-electron chi connectivity index (χ2n) is 6.97. The van der Waals surface area contributed by atoms with Crippen LogP contribution in [0.5, 0.6) is 0 Å². The Balaban J connectivity index is 1.49. The monoisotopic (exact) mass is 379 g/mol. The molecule has 3 rings (SSSR count). The van der Waals surface area contributed by atoms with E-state index < -0.39 is 0 Å². The maximum atomic E-state index is 12.6. The van der Waals surface area contributed by atoms with Crippen LogP contribution in [0.1, 0.15) is 43.5 Å². The summed E-state index contributed by atoms with van der Waals surface area (Å²) in [7, 11) is 0. The minimum Gasteiger partial charge on any atom is -0.466 e. The zero-order chi connectivity index (χ0) is 18.4. The van der Waals surface area contributed by atoms with Crippen molar-refractivity contribution in [2.75, 3.05) is 39.3 Å². The van der Waals surface area contributed by atoms with Gasteiger partial charge in [0.1, 0.15) is 0 Å². The lowest BCUT2D eigenvalue weighted by Crippen LogP contribution is -2.47. The maximum absolute atomic E-state index is 12.6. The molecule has 2 aliphatic heterocycles. The van der Waals surface area contributed by atoms with E-state index in [1.807, 2.05) is 11.8 Å². The standard InChI is InChI=1S/C19H29N3O3S/c1-2-25-18(23)15-7-11-22(12-8-15)19(24)20-14-16(17-6-5-13-26-17)21-9-3-4-10-21/h5-6,13,15-16H,2-4,7-12,14H2,1H3,(H,20,24). The second kappa shape index (κ2) is 9.37. The number of nitrogens with zero attached hydrogens (tertiary/aromatic N) is 2. The summed E-state index contributed by atoms with van der Waals surface area (Å²) in [6, 6.07) is 4.47. The number of likely N-dealkylation sites (tertiary alicyclic amines) is 2. The van der Waals surface area contributed by atoms with Gasteiger partial charge in [-0.15, -0.1) is 11.3 Å². The van der Waals surface area contributed by atoms with E-state index in [0.29, 0.717) is 39.1 Å². The highest BCUT2D eigenvalue weighted by atomic mass is 32.1. The Hall–Kier alpha value is -1.60. The molecule has 0 radical (unpaired) electrons. The average Bonchev–Trinajstić information content (AvgIpc) is 3.36. The van der Waals surface area contributed by atoms with Crippen LogP contribution in [-0.2, 0) is 9.53 Å². The Kier molecular flexibility index (Phi) is 6.91. The van der Waals surface area contributed by atoms with Gasteiger partial charge in [-0.1, -0.05) is 6.07 Å². The molecule has 144 valence electrons. The molecule has 0 aliphatic carbocycles. The molecule has 7 heteroatoms. The van der Waals surface area contributed by atoms with E-state index >= 15 is 0 Å². The van der Waals surface area contributed by atoms with E-state index in [4.69, 9.17) is 4.74 Å². The van der Waals surface area contributed by atoms with E-state index in [9.17, 15) is 9.59 Å². The van der Waals surface area contributed by atoms with Crippen molar-refractivity contribution in [1.29, 1.82) is 0 Å². The lowest BCUT2D eigenvalue weighted by Gasteiger charge is -2.32. The van der Waals surface area contributed by atoms with Gasteiger partial charge in [0.25, 0.3) is 0 Å². The fraction of sp³-hybridized carbons (Fsp3) is 0.684. The zero-order valence-electron chi connectivity index (χ0n) is 15.5. The molecule has 2 fully saturated rings. The summed E-state index contributed by atoms with van der Waals surface area (Å²) >= 11 is 1.76. The van der Waals surface area contributed by atoms with Crippen LogP contribution in [0.25, 0.3) is 0 Å². The Labute approximate surface area is 159 Å². The van der Waals surface area contributed by atoms with Crippen LogP contribution >= 0.6 is 11.3 Å². The van der Waals surface area contributed by atoms with Gasteiger partial charge >= 0.3 is 12.0 Å². The molecule has 0 saturated carbocycles. The molecule has 1 atom stereocenters. The molecule has 1 aromatic heterocycles. The van der Waals surface area contributed by atoms with Gasteiger partial charge in [-0.3, -0.25) is 9.69 Å². The first-order valence-corrected chi connectivity index (χ1v) is 10.5. The van der Waals surface area contributed by atoms with Crippen LogP contribution in [-0.4, -0.2) is 61.1 Å². The van der Waals surface area contributed by atoms with Gasteiger partial charge in [-0.05, 0) is 57.1 Å². The summed E-state index contributed by atoms with van der Waals surface area (Å²) in [5.41, 5.74) is 0. The summed E-state index contributed by atoms with van der Waals surface area (Å²) in [6.07, 6.45) is 3.84. The van der Waals surface area contributed by atoms with E-state index in [1.165, 1.54) is 17.7 Å². The number of rotatable bonds is 6. The number of ether oxygens (including phenoxy) is 1. The quantitative estimate of drug-likeness (QED) is 0.772. The Morgan fingerprint density at radius 1 is 1.27 bits per heavy atom. The normalized spacial score (nSPS) is 20.1. The lowest BCUT2D eigenvalue weighted by atomic mass is 9.97. The van der Waals surface area contributed by atoms with Crippen molar-refractivity contribution in [3.63, 3.8) is 0 Å². The number of amides is 2. The average molecular weight is 380 g/mol. The molecule has 2 saturated heterocycles. The van der Waals surface area contributed by atoms with E-state index in [1.54, 1.807) is 11.3 Å². The summed E-state index contributed by atoms with van der Waals surface area (Å²) in [5.74, 6) is -0.193. The number of hydrogen-bond donors (Lipinski definition) is 1. The van der Waals surface area contributed by atoms with Crippen LogP contribution in [0, 0.1) is 5.92 Å². The molecule has 0 spiro atoms. The number of carbonyl (C=O) groups excluding carboxylic acids is 2. The first kappa shape index (κ1) is 19.2. The van der Waals surface area contributed by atoms with Gasteiger partial charge in [0.05, 0.1) is 18.6 Å². The lowest BCUT2D eigenvalue weighted by molar-refractivity contribution is -0.149. The number of urea groups is 1. The second-order valence-corrected chi connectivity index (χ2v) is 7.95. The number of piperidine rings is 1. The third-order valence-corrected chi connectivity index (χ3v) is 6.28. The number of carbonyl (C=O) groups is 2. The van der Waals surface area contributed by atoms with Crippen LogP contribution in [0.15, 0.2) is 17.5 Å². The van der Waals surface area contributed by atoms with Gasteiger partial charge in [0.15, 0.2) is 0 Å². The molecule has 26 heavy (non-hydrogen) atoms. The number of hydrogen-bond acceptors (Lipinski definition) is 5. The predicted molar refractivity (Wildman–Crippen MR) is 102 cm³/mol. The van der Waals surface area contributed by atoms with Crippen molar-refractivity contribution in [3.8, 4) is 0 Å². The van der Waals surface area contributed by atoms with Gasteiger partial charge in [0.2, 0.25) is 0 Å². The Morgan fingerprint density at radius 2 is 2.00 bits per heavy atom. The third-order valence-electron chi connectivity index (χ3n) is 5.30. The van der Waals surface area contributed by atoms with Gasteiger partial charge < -0.3 is 15.0 Å². The molecule has 2 amide bonds. The van der Waals surface area contributed by atoms with Crippen molar-refractivity contribution in [2.24, 2.45) is 5.92 Å². The molecule has 0 bridgehead atoms. The Morgan fingerprint density at radius 3 is 2.62 bits per heavy atom. The van der Waals surface area contributed by atoms with Crippen molar-refractivity contribution in [3.05, 3.63) is 22.4 Å². The molecular formula is C19H29N3O3S. The van der Waals surface area contributed by atoms with Crippen LogP contribution in [0.4, 0.5) is 4.79 Å². The molecule has 1 N–H and O–H groups in total.